The molecule has 4 nitrogen and oxygen atoms in total. The van der Waals surface area contributed by atoms with Crippen molar-refractivity contribution in [2.24, 2.45) is 21.7 Å². The molecule has 4 aliphatic rings. The Balaban J connectivity index is 0.000000269. The standard InChI is InChI=1S/C84H84N3.C34H36N.2Ir/c1-76(2)67-37-31-52(46-70(67)79(7,8)82(76,13)14)73-40-34-55(49-85-73)61-25-19-22-28-64(61)58-43-59(65-29-23-20-26-62(65)56-35-41-74(86-50-56)53-32-38-68-71(47-53)80(9,10)83(15,16)77(68,3)4)45-60(44-58)66-30-24-21-27-63(66)57-36-42-75(87-51-57)54-33-39-69-72(48-54)81(11,12)84(17,18)78(69,5)6;1-22-17-23(2)19-26(18-22)28-12-10-9-11-27(28)25-14-16-31(35-21-25)24-13-15-29-30(20-24)33(5,6)34(7,8)32(29,3)4;;/h19-30,34-51H,1-18H3;9-12,14-21H,1-8H3;;/q-3;-1;;+3. The van der Waals surface area contributed by atoms with E-state index in [0.717, 1.165) is 117 Å². The van der Waals surface area contributed by atoms with Crippen LogP contribution >= 0.6 is 0 Å². The van der Waals surface area contributed by atoms with Gasteiger partial charge in [0.05, 0.1) is 0 Å². The molecule has 0 fully saturated rings. The van der Waals surface area contributed by atoms with Crippen molar-refractivity contribution in [3.05, 3.63) is 335 Å². The van der Waals surface area contributed by atoms with Gasteiger partial charge in [0.25, 0.3) is 0 Å². The van der Waals surface area contributed by atoms with Gasteiger partial charge in [0.15, 0.2) is 0 Å². The maximum atomic E-state index is 5.20. The van der Waals surface area contributed by atoms with E-state index in [4.69, 9.17) is 19.9 Å². The monoisotopic (exact) mass is 1980 g/mol. The molecule has 0 spiro atoms. The van der Waals surface area contributed by atoms with Crippen molar-refractivity contribution >= 4 is 0 Å². The predicted octanol–water partition coefficient (Wildman–Crippen LogP) is 31.1. The third-order valence-electron chi connectivity index (χ3n) is 34.2. The second kappa shape index (κ2) is 31.0. The van der Waals surface area contributed by atoms with Crippen LogP contribution in [0.3, 0.4) is 0 Å². The fourth-order valence-corrected chi connectivity index (χ4v) is 21.5. The van der Waals surface area contributed by atoms with Gasteiger partial charge in [-0.1, -0.05) is 341 Å². The van der Waals surface area contributed by atoms with E-state index in [1.54, 1.807) is 0 Å². The number of pyridine rings is 4. The zero-order chi connectivity index (χ0) is 87.0. The van der Waals surface area contributed by atoms with E-state index in [1.165, 1.54) is 72.3 Å². The molecule has 4 aromatic heterocycles. The van der Waals surface area contributed by atoms with E-state index in [2.05, 4.69) is 435 Å². The second-order valence-electron chi connectivity index (χ2n) is 42.3. The van der Waals surface area contributed by atoms with Crippen LogP contribution in [0.2, 0.25) is 0 Å². The molecular formula is C118H120Ir2N4-. The van der Waals surface area contributed by atoms with Crippen LogP contribution in [-0.2, 0) is 83.5 Å². The fraction of sp³-hybridized carbons (Fsp3) is 0.322. The average molecular weight is 1980 g/mol. The molecule has 0 unspecified atom stereocenters. The van der Waals surface area contributed by atoms with Crippen LogP contribution in [0.15, 0.2) is 255 Å². The summed E-state index contributed by atoms with van der Waals surface area (Å²) in [4.78, 5) is 20.5. The van der Waals surface area contributed by atoms with Crippen LogP contribution in [-0.4, -0.2) is 19.9 Å². The molecule has 0 amide bonds. The maximum Gasteiger partial charge on any atom is 3.00 e. The van der Waals surface area contributed by atoms with Gasteiger partial charge in [0.2, 0.25) is 0 Å². The third kappa shape index (κ3) is 13.7. The number of fused-ring (bicyclic) bond motifs is 4. The van der Waals surface area contributed by atoms with E-state index in [0.29, 0.717) is 0 Å². The van der Waals surface area contributed by atoms with Gasteiger partial charge in [-0.25, -0.2) is 0 Å². The number of nitrogens with zero attached hydrogens (tertiary/aromatic N) is 4. The Kier molecular flexibility index (Phi) is 22.2. The van der Waals surface area contributed by atoms with Crippen molar-refractivity contribution in [2.75, 3.05) is 0 Å². The van der Waals surface area contributed by atoms with Crippen molar-refractivity contribution in [2.45, 2.75) is 223 Å². The van der Waals surface area contributed by atoms with Crippen molar-refractivity contribution < 1.29 is 40.2 Å². The molecule has 14 aromatic rings. The molecule has 4 heterocycles. The van der Waals surface area contributed by atoms with Gasteiger partial charge >= 0.3 is 20.1 Å². The Bertz CT molecular complexity index is 6010. The normalized spacial score (nSPS) is 18.1. The Morgan fingerprint density at radius 3 is 0.565 bits per heavy atom. The Morgan fingerprint density at radius 1 is 0.202 bits per heavy atom. The molecular weight excluding hydrogens is 1860 g/mol. The van der Waals surface area contributed by atoms with Gasteiger partial charge in [-0.3, -0.25) is 0 Å². The zero-order valence-electron chi connectivity index (χ0n) is 77.7. The largest absolute Gasteiger partial charge is 3.00 e. The van der Waals surface area contributed by atoms with Crippen molar-refractivity contribution in [3.63, 3.8) is 0 Å². The predicted molar refractivity (Wildman–Crippen MR) is 513 cm³/mol. The van der Waals surface area contributed by atoms with Gasteiger partial charge in [0, 0.05) is 44.9 Å². The van der Waals surface area contributed by atoms with Crippen LogP contribution < -0.4 is 0 Å². The summed E-state index contributed by atoms with van der Waals surface area (Å²) in [5, 5.41) is 0. The van der Waals surface area contributed by atoms with Crippen molar-refractivity contribution in [1.29, 1.82) is 0 Å². The van der Waals surface area contributed by atoms with Crippen LogP contribution in [0.1, 0.15) is 222 Å². The van der Waals surface area contributed by atoms with Crippen LogP contribution in [0.25, 0.3) is 134 Å². The Labute approximate surface area is 768 Å². The first-order valence-corrected chi connectivity index (χ1v) is 44.1. The van der Waals surface area contributed by atoms with E-state index in [9.17, 15) is 0 Å². The van der Waals surface area contributed by atoms with Crippen LogP contribution in [0.5, 0.6) is 0 Å². The summed E-state index contributed by atoms with van der Waals surface area (Å²) in [6.45, 7) is 61.7. The van der Waals surface area contributed by atoms with Gasteiger partial charge in [0.1, 0.15) is 0 Å². The summed E-state index contributed by atoms with van der Waals surface area (Å²) in [7, 11) is 0. The van der Waals surface area contributed by atoms with E-state index < -0.39 is 0 Å². The summed E-state index contributed by atoms with van der Waals surface area (Å²) >= 11 is 0. The van der Waals surface area contributed by atoms with E-state index in [1.807, 2.05) is 24.8 Å². The van der Waals surface area contributed by atoms with Gasteiger partial charge in [-0.15, -0.1) is 140 Å². The molecule has 631 valence electrons. The number of aryl methyl sites for hydroxylation is 2. The van der Waals surface area contributed by atoms with Crippen LogP contribution in [0, 0.1) is 59.8 Å². The summed E-state index contributed by atoms with van der Waals surface area (Å²) in [5.74, 6) is 0. The molecule has 0 saturated carbocycles. The third-order valence-corrected chi connectivity index (χ3v) is 34.2. The topological polar surface area (TPSA) is 51.6 Å². The first-order valence-electron chi connectivity index (χ1n) is 44.1. The number of hydrogen-bond acceptors (Lipinski definition) is 4. The van der Waals surface area contributed by atoms with E-state index >= 15 is 0 Å². The number of hydrogen-bond donors (Lipinski definition) is 0. The molecule has 6 heteroatoms. The summed E-state index contributed by atoms with van der Waals surface area (Å²) < 4.78 is 0. The van der Waals surface area contributed by atoms with Crippen LogP contribution in [0.4, 0.5) is 0 Å². The maximum absolute atomic E-state index is 5.20. The molecule has 0 saturated heterocycles. The van der Waals surface area contributed by atoms with Gasteiger partial charge in [-0.05, 0) is 209 Å². The summed E-state index contributed by atoms with van der Waals surface area (Å²) in [6.07, 6.45) is 8.14. The minimum absolute atomic E-state index is 0. The summed E-state index contributed by atoms with van der Waals surface area (Å²) in [5.41, 5.74) is 40.1. The molecule has 18 rings (SSSR count). The molecule has 4 aliphatic carbocycles. The Morgan fingerprint density at radius 2 is 0.379 bits per heavy atom. The number of rotatable bonds is 12. The number of aromatic nitrogens is 4. The molecule has 0 N–H and O–H groups in total. The van der Waals surface area contributed by atoms with E-state index in [-0.39, 0.29) is 105 Å². The van der Waals surface area contributed by atoms with Gasteiger partial charge in [-0.2, -0.15) is 0 Å². The smallest absolute Gasteiger partial charge is 0.304 e. The first-order chi connectivity index (χ1) is 57.4. The molecule has 10 aromatic carbocycles. The average Bonchev–Trinajstić information content (AvgIpc) is 1.56. The molecule has 1 radical (unpaired) electrons. The number of benzene rings is 10. The van der Waals surface area contributed by atoms with Crippen molar-refractivity contribution in [1.82, 2.24) is 19.9 Å². The minimum atomic E-state index is -0.0177. The second-order valence-corrected chi connectivity index (χ2v) is 42.3. The van der Waals surface area contributed by atoms with Gasteiger partial charge < -0.3 is 19.9 Å². The molecule has 0 bridgehead atoms. The molecule has 124 heavy (non-hydrogen) atoms. The minimum Gasteiger partial charge on any atom is -0.304 e. The first kappa shape index (κ1) is 88.9. The SMILES string of the molecule is CC1(C)c2c[c-]c(-c3ccc(-c4ccccc4-c4cc(-c5ccccc5-c5ccc(-c6[c-]cc7c(c6)C(C)(C)C(C)(C)C7(C)C)nc5)cc(-c5ccccc5-c5ccc(-c6[c-]cc7c(c6)C(C)(C)C(C)(C)C7(C)C)nc5)c4)cn3)cc2C(C)(C)C1(C)C.Cc1cc(C)cc(-c2ccccc2-c2ccc(-c3[c-]cc4c(c3)C(C)(C)C(C)(C)C4(C)C)nc2)c1.[Ir+3].[Ir]. The summed E-state index contributed by atoms with van der Waals surface area (Å²) in [6, 6.07) is 99.2. The molecule has 0 aliphatic heterocycles. The van der Waals surface area contributed by atoms with Crippen molar-refractivity contribution in [3.8, 4) is 134 Å². The molecule has 0 atom stereocenters. The zero-order valence-corrected chi connectivity index (χ0v) is 82.5. The Hall–Kier alpha value is -9.90. The fourth-order valence-electron chi connectivity index (χ4n) is 21.5. The quantitative estimate of drug-likeness (QED) is 0.114.